The van der Waals surface area contributed by atoms with Gasteiger partial charge in [-0.1, -0.05) is 42.5 Å². The minimum Gasteiger partial charge on any atom is -0.508 e. The van der Waals surface area contributed by atoms with Crippen molar-refractivity contribution in [1.29, 1.82) is 0 Å². The molecule has 4 nitrogen and oxygen atoms in total. The van der Waals surface area contributed by atoms with Crippen LogP contribution in [0.4, 0.5) is 0 Å². The molecule has 0 aliphatic rings. The van der Waals surface area contributed by atoms with E-state index in [1.807, 2.05) is 30.3 Å². The summed E-state index contributed by atoms with van der Waals surface area (Å²) in [6.07, 6.45) is 2.46. The van der Waals surface area contributed by atoms with Gasteiger partial charge >= 0.3 is 0 Å². The Labute approximate surface area is 123 Å². The highest BCUT2D eigenvalue weighted by atomic mass is 16.3. The molecule has 0 aliphatic carbocycles. The zero-order chi connectivity index (χ0) is 14.7. The fraction of sp³-hybridized carbons (Fsp3) is 0.176. The predicted octanol–water partition coefficient (Wildman–Crippen LogP) is 3.18. The molecule has 0 amide bonds. The van der Waals surface area contributed by atoms with Gasteiger partial charge in [-0.25, -0.2) is 0 Å². The Morgan fingerprint density at radius 1 is 1.05 bits per heavy atom. The summed E-state index contributed by atoms with van der Waals surface area (Å²) in [6.45, 7) is 2.14. The van der Waals surface area contributed by atoms with Gasteiger partial charge in [0.25, 0.3) is 0 Å². The van der Waals surface area contributed by atoms with Crippen molar-refractivity contribution in [1.82, 2.24) is 14.8 Å². The quantitative estimate of drug-likeness (QED) is 0.798. The lowest BCUT2D eigenvalue weighted by atomic mass is 10.1. The van der Waals surface area contributed by atoms with E-state index in [4.69, 9.17) is 0 Å². The van der Waals surface area contributed by atoms with Gasteiger partial charge in [0.1, 0.15) is 17.9 Å². The van der Waals surface area contributed by atoms with Gasteiger partial charge in [-0.05, 0) is 30.2 Å². The Bertz CT molecular complexity index is 704. The molecule has 21 heavy (non-hydrogen) atoms. The molecule has 1 heterocycles. The maximum absolute atomic E-state index is 9.34. The second kappa shape index (κ2) is 5.79. The number of aromatic hydroxyl groups is 1. The number of rotatable bonds is 4. The molecular weight excluding hydrogens is 262 g/mol. The molecule has 0 saturated carbocycles. The molecule has 0 spiro atoms. The number of phenols is 1. The number of benzene rings is 2. The fourth-order valence-electron chi connectivity index (χ4n) is 2.41. The van der Waals surface area contributed by atoms with Crippen LogP contribution in [0.1, 0.15) is 29.9 Å². The van der Waals surface area contributed by atoms with Crippen LogP contribution in [0.15, 0.2) is 60.9 Å². The Kier molecular flexibility index (Phi) is 3.69. The maximum atomic E-state index is 9.34. The number of aromatic nitrogens is 3. The summed E-state index contributed by atoms with van der Waals surface area (Å²) >= 11 is 0. The first-order valence-electron chi connectivity index (χ1n) is 6.95. The minimum absolute atomic E-state index is 0.188. The summed E-state index contributed by atoms with van der Waals surface area (Å²) < 4.78 is 2.09. The van der Waals surface area contributed by atoms with E-state index < -0.39 is 0 Å². The average molecular weight is 279 g/mol. The molecule has 0 aliphatic heterocycles. The zero-order valence-corrected chi connectivity index (χ0v) is 11.8. The first kappa shape index (κ1) is 13.4. The molecule has 0 radical (unpaired) electrons. The van der Waals surface area contributed by atoms with E-state index in [-0.39, 0.29) is 11.8 Å². The second-order valence-electron chi connectivity index (χ2n) is 5.08. The first-order valence-corrected chi connectivity index (χ1v) is 6.95. The van der Waals surface area contributed by atoms with Gasteiger partial charge in [0.15, 0.2) is 0 Å². The van der Waals surface area contributed by atoms with E-state index in [1.165, 1.54) is 5.56 Å². The first-order chi connectivity index (χ1) is 10.2. The van der Waals surface area contributed by atoms with Crippen LogP contribution in [0, 0.1) is 0 Å². The lowest BCUT2D eigenvalue weighted by Gasteiger charge is -2.15. The third kappa shape index (κ3) is 2.94. The van der Waals surface area contributed by atoms with Gasteiger partial charge in [-0.15, -0.1) is 10.2 Å². The van der Waals surface area contributed by atoms with Gasteiger partial charge in [0.2, 0.25) is 0 Å². The Morgan fingerprint density at radius 3 is 2.48 bits per heavy atom. The van der Waals surface area contributed by atoms with Gasteiger partial charge in [-0.2, -0.15) is 0 Å². The molecule has 0 fully saturated rings. The summed E-state index contributed by atoms with van der Waals surface area (Å²) in [5.74, 6) is 1.19. The zero-order valence-electron chi connectivity index (χ0n) is 11.8. The highest BCUT2D eigenvalue weighted by molar-refractivity contribution is 5.28. The molecule has 1 N–H and O–H groups in total. The number of phenolic OH excluding ortho intramolecular Hbond substituents is 1. The third-order valence-corrected chi connectivity index (χ3v) is 3.65. The van der Waals surface area contributed by atoms with E-state index in [1.54, 1.807) is 18.5 Å². The van der Waals surface area contributed by atoms with Crippen molar-refractivity contribution in [2.75, 3.05) is 0 Å². The lowest BCUT2D eigenvalue weighted by molar-refractivity contribution is 0.475. The van der Waals surface area contributed by atoms with E-state index in [2.05, 4.69) is 33.8 Å². The monoisotopic (exact) mass is 279 g/mol. The molecule has 1 aromatic heterocycles. The summed E-state index contributed by atoms with van der Waals surface area (Å²) in [6, 6.07) is 17.7. The predicted molar refractivity (Wildman–Crippen MR) is 81.2 cm³/mol. The van der Waals surface area contributed by atoms with Crippen LogP contribution in [-0.2, 0) is 6.42 Å². The number of hydrogen-bond acceptors (Lipinski definition) is 3. The molecule has 2 aromatic carbocycles. The van der Waals surface area contributed by atoms with Crippen LogP contribution in [-0.4, -0.2) is 19.9 Å². The van der Waals surface area contributed by atoms with Crippen LogP contribution in [0.5, 0.6) is 5.75 Å². The van der Waals surface area contributed by atoms with Gasteiger partial charge < -0.3 is 9.67 Å². The van der Waals surface area contributed by atoms with Gasteiger partial charge in [-0.3, -0.25) is 0 Å². The standard InChI is InChI=1S/C17H17N3O/c1-13(15-5-3-2-4-6-15)20-12-18-19-17(20)11-14-7-9-16(21)10-8-14/h2-10,12-13,21H,11H2,1H3. The molecule has 4 heteroatoms. The van der Waals surface area contributed by atoms with Crippen LogP contribution < -0.4 is 0 Å². The van der Waals surface area contributed by atoms with E-state index in [9.17, 15) is 5.11 Å². The molecule has 106 valence electrons. The normalized spacial score (nSPS) is 12.2. The van der Waals surface area contributed by atoms with Crippen molar-refractivity contribution < 1.29 is 5.11 Å². The summed E-state index contributed by atoms with van der Waals surface area (Å²) in [5.41, 5.74) is 2.33. The van der Waals surface area contributed by atoms with Crippen molar-refractivity contribution in [3.63, 3.8) is 0 Å². The van der Waals surface area contributed by atoms with E-state index in [0.29, 0.717) is 6.42 Å². The molecular formula is C17H17N3O. The highest BCUT2D eigenvalue weighted by Gasteiger charge is 2.13. The van der Waals surface area contributed by atoms with Crippen LogP contribution >= 0.6 is 0 Å². The topological polar surface area (TPSA) is 50.9 Å². The van der Waals surface area contributed by atoms with Crippen LogP contribution in [0.2, 0.25) is 0 Å². The van der Waals surface area contributed by atoms with E-state index >= 15 is 0 Å². The second-order valence-corrected chi connectivity index (χ2v) is 5.08. The molecule has 0 bridgehead atoms. The average Bonchev–Trinajstić information content (AvgIpc) is 2.98. The largest absolute Gasteiger partial charge is 0.508 e. The van der Waals surface area contributed by atoms with Crippen molar-refractivity contribution in [2.24, 2.45) is 0 Å². The Morgan fingerprint density at radius 2 is 1.76 bits per heavy atom. The number of hydrogen-bond donors (Lipinski definition) is 1. The van der Waals surface area contributed by atoms with Crippen molar-refractivity contribution >= 4 is 0 Å². The maximum Gasteiger partial charge on any atom is 0.137 e. The molecule has 1 unspecified atom stereocenters. The Balaban J connectivity index is 1.85. The fourth-order valence-corrected chi connectivity index (χ4v) is 2.41. The summed E-state index contributed by atoms with van der Waals surface area (Å²) in [5, 5.41) is 17.6. The Hall–Kier alpha value is -2.62. The van der Waals surface area contributed by atoms with Crippen molar-refractivity contribution in [3.05, 3.63) is 77.9 Å². The molecule has 3 rings (SSSR count). The van der Waals surface area contributed by atoms with Gasteiger partial charge in [0, 0.05) is 6.42 Å². The summed E-state index contributed by atoms with van der Waals surface area (Å²) in [4.78, 5) is 0. The van der Waals surface area contributed by atoms with E-state index in [0.717, 1.165) is 11.4 Å². The minimum atomic E-state index is 0.188. The van der Waals surface area contributed by atoms with Gasteiger partial charge in [0.05, 0.1) is 6.04 Å². The highest BCUT2D eigenvalue weighted by Crippen LogP contribution is 2.20. The van der Waals surface area contributed by atoms with Crippen LogP contribution in [0.25, 0.3) is 0 Å². The molecule has 1 atom stereocenters. The van der Waals surface area contributed by atoms with Crippen LogP contribution in [0.3, 0.4) is 0 Å². The molecule has 0 saturated heterocycles. The molecule has 3 aromatic rings. The lowest BCUT2D eigenvalue weighted by Crippen LogP contribution is -2.10. The third-order valence-electron chi connectivity index (χ3n) is 3.65. The smallest absolute Gasteiger partial charge is 0.137 e. The van der Waals surface area contributed by atoms with Crippen molar-refractivity contribution in [3.8, 4) is 5.75 Å². The summed E-state index contributed by atoms with van der Waals surface area (Å²) in [7, 11) is 0. The number of nitrogens with zero attached hydrogens (tertiary/aromatic N) is 3. The SMILES string of the molecule is CC(c1ccccc1)n1cnnc1Cc1ccc(O)cc1. The van der Waals surface area contributed by atoms with Crippen molar-refractivity contribution in [2.45, 2.75) is 19.4 Å².